The van der Waals surface area contributed by atoms with Crippen molar-refractivity contribution < 1.29 is 29.5 Å². The van der Waals surface area contributed by atoms with E-state index in [4.69, 9.17) is 15.1 Å². The molecular weight excluding hydrogens is 237 g/mol. The van der Waals surface area contributed by atoms with Crippen LogP contribution in [-0.2, 0) is 9.30 Å². The van der Waals surface area contributed by atoms with Crippen LogP contribution >= 0.6 is 7.52 Å². The molecule has 1 heterocycles. The van der Waals surface area contributed by atoms with Crippen LogP contribution in [0.2, 0.25) is 0 Å². The van der Waals surface area contributed by atoms with E-state index in [1.807, 2.05) is 0 Å². The molecule has 2 unspecified atom stereocenters. The molecular formula is C8H18NO6P. The average Bonchev–Trinajstić information content (AvgIpc) is 2.17. The van der Waals surface area contributed by atoms with E-state index in [0.717, 1.165) is 0 Å². The van der Waals surface area contributed by atoms with Crippen molar-refractivity contribution in [3.63, 3.8) is 0 Å². The minimum Gasteiger partial charge on any atom is -0.388 e. The number of hydrogen-bond donors (Lipinski definition) is 5. The molecule has 0 amide bonds. The zero-order valence-electron chi connectivity index (χ0n) is 8.93. The van der Waals surface area contributed by atoms with Crippen molar-refractivity contribution in [1.82, 2.24) is 0 Å². The molecule has 7 nitrogen and oxygen atoms in total. The van der Waals surface area contributed by atoms with Crippen molar-refractivity contribution in [2.24, 2.45) is 5.50 Å². The lowest BCUT2D eigenvalue weighted by Crippen LogP contribution is -2.56. The Morgan fingerprint density at radius 3 is 2.31 bits per heavy atom. The summed E-state index contributed by atoms with van der Waals surface area (Å²) in [5.41, 5.74) is 4.96. The molecule has 1 rings (SSSR count). The highest BCUT2D eigenvalue weighted by Gasteiger charge is 2.41. The Morgan fingerprint density at radius 1 is 1.25 bits per heavy atom. The number of hydrogen-bond acceptors (Lipinski definition) is 5. The van der Waals surface area contributed by atoms with Crippen LogP contribution in [0.5, 0.6) is 0 Å². The second-order valence-corrected chi connectivity index (χ2v) is 6.08. The van der Waals surface area contributed by atoms with E-state index in [9.17, 15) is 19.9 Å². The summed E-state index contributed by atoms with van der Waals surface area (Å²) in [6.07, 6.45) is -5.34. The van der Waals surface area contributed by atoms with Crippen LogP contribution in [0, 0.1) is 0 Å². The molecule has 1 aliphatic heterocycles. The van der Waals surface area contributed by atoms with Gasteiger partial charge in [0.25, 0.3) is 7.52 Å². The van der Waals surface area contributed by atoms with Crippen molar-refractivity contribution in [1.29, 1.82) is 0 Å². The van der Waals surface area contributed by atoms with E-state index in [0.29, 0.717) is 0 Å². The van der Waals surface area contributed by atoms with Gasteiger partial charge in [0.15, 0.2) is 0 Å². The molecule has 0 aliphatic carbocycles. The molecule has 6 atom stereocenters. The van der Waals surface area contributed by atoms with Gasteiger partial charge in [0, 0.05) is 6.16 Å². The summed E-state index contributed by atoms with van der Waals surface area (Å²) in [7, 11) is -3.65. The molecule has 0 aromatic carbocycles. The first-order chi connectivity index (χ1) is 7.22. The van der Waals surface area contributed by atoms with E-state index in [1.165, 1.54) is 0 Å². The molecule has 0 radical (unpaired) electrons. The van der Waals surface area contributed by atoms with Gasteiger partial charge in [-0.2, -0.15) is 0 Å². The Balaban J connectivity index is 2.57. The normalized spacial score (nSPS) is 44.0. The zero-order valence-corrected chi connectivity index (χ0v) is 9.83. The Morgan fingerprint density at radius 2 is 1.81 bits per heavy atom. The van der Waals surface area contributed by atoms with Gasteiger partial charge in [-0.25, -0.2) is 0 Å². The van der Waals surface area contributed by atoms with Gasteiger partial charge in [-0.15, -0.1) is 0 Å². The first kappa shape index (κ1) is 14.1. The van der Waals surface area contributed by atoms with Crippen LogP contribution in [0.1, 0.15) is 13.3 Å². The summed E-state index contributed by atoms with van der Waals surface area (Å²) in [4.78, 5) is 8.90. The molecule has 1 saturated heterocycles. The summed E-state index contributed by atoms with van der Waals surface area (Å²) in [6, 6.07) is 0. The summed E-state index contributed by atoms with van der Waals surface area (Å²) >= 11 is 0. The van der Waals surface area contributed by atoms with Crippen molar-refractivity contribution in [2.45, 2.75) is 43.9 Å². The van der Waals surface area contributed by atoms with Gasteiger partial charge in [-0.1, -0.05) is 0 Å². The quantitative estimate of drug-likeness (QED) is 0.383. The smallest absolute Gasteiger partial charge is 0.264 e. The Hall–Kier alpha value is -0.0100. The van der Waals surface area contributed by atoms with Gasteiger partial charge >= 0.3 is 0 Å². The predicted octanol–water partition coefficient (Wildman–Crippen LogP) is -1.61. The molecule has 8 heteroatoms. The minimum absolute atomic E-state index is 0.0551. The monoisotopic (exact) mass is 255 g/mol. The highest BCUT2D eigenvalue weighted by molar-refractivity contribution is 7.55. The SMILES string of the molecule is CC1O[C@H](CCP(N)(=O)O)[C@@H](O)[C@H](O)[C@@H]1O. The second kappa shape index (κ2) is 5.10. The molecule has 6 N–H and O–H groups in total. The fourth-order valence-electron chi connectivity index (χ4n) is 1.69. The van der Waals surface area contributed by atoms with Crippen LogP contribution in [0.4, 0.5) is 0 Å². The highest BCUT2D eigenvalue weighted by atomic mass is 31.2. The third-order valence-electron chi connectivity index (χ3n) is 2.69. The van der Waals surface area contributed by atoms with Gasteiger partial charge in [-0.3, -0.25) is 10.1 Å². The van der Waals surface area contributed by atoms with Gasteiger partial charge in [0.05, 0.1) is 12.2 Å². The molecule has 0 aromatic rings. The van der Waals surface area contributed by atoms with Crippen LogP contribution in [-0.4, -0.2) is 56.9 Å². The number of aliphatic hydroxyl groups excluding tert-OH is 3. The fraction of sp³-hybridized carbons (Fsp3) is 1.00. The zero-order chi connectivity index (χ0) is 12.5. The van der Waals surface area contributed by atoms with Crippen LogP contribution in [0.15, 0.2) is 0 Å². The largest absolute Gasteiger partial charge is 0.388 e. The van der Waals surface area contributed by atoms with Gasteiger partial charge in [-0.05, 0) is 13.3 Å². The lowest BCUT2D eigenvalue weighted by atomic mass is 9.94. The number of nitrogens with two attached hydrogens (primary N) is 1. The van der Waals surface area contributed by atoms with E-state index >= 15 is 0 Å². The van der Waals surface area contributed by atoms with Gasteiger partial charge in [0.1, 0.15) is 18.3 Å². The second-order valence-electron chi connectivity index (χ2n) is 4.12. The molecule has 1 aliphatic rings. The molecule has 0 spiro atoms. The first-order valence-electron chi connectivity index (χ1n) is 5.02. The maximum absolute atomic E-state index is 10.9. The fourth-order valence-corrected chi connectivity index (χ4v) is 2.31. The maximum Gasteiger partial charge on any atom is 0.264 e. The van der Waals surface area contributed by atoms with Crippen LogP contribution < -0.4 is 5.50 Å². The minimum atomic E-state index is -3.65. The number of aliphatic hydroxyl groups is 3. The molecule has 16 heavy (non-hydrogen) atoms. The van der Waals surface area contributed by atoms with Crippen molar-refractivity contribution in [3.8, 4) is 0 Å². The maximum atomic E-state index is 10.9. The topological polar surface area (TPSA) is 133 Å². The lowest BCUT2D eigenvalue weighted by molar-refractivity contribution is -0.217. The highest BCUT2D eigenvalue weighted by Crippen LogP contribution is 2.33. The number of ether oxygens (including phenoxy) is 1. The summed E-state index contributed by atoms with van der Waals surface area (Å²) < 4.78 is 16.1. The van der Waals surface area contributed by atoms with Gasteiger partial charge < -0.3 is 24.9 Å². The van der Waals surface area contributed by atoms with Crippen LogP contribution in [0.3, 0.4) is 0 Å². The Labute approximate surface area is 93.4 Å². The summed E-state index contributed by atoms with van der Waals surface area (Å²) in [5.74, 6) is 0. The van der Waals surface area contributed by atoms with Crippen LogP contribution in [0.25, 0.3) is 0 Å². The summed E-state index contributed by atoms with van der Waals surface area (Å²) in [5, 5.41) is 28.4. The Kier molecular flexibility index (Phi) is 4.48. The van der Waals surface area contributed by atoms with E-state index in [-0.39, 0.29) is 12.6 Å². The molecule has 96 valence electrons. The Bertz CT molecular complexity index is 282. The van der Waals surface area contributed by atoms with E-state index in [1.54, 1.807) is 6.92 Å². The van der Waals surface area contributed by atoms with Crippen molar-refractivity contribution in [2.75, 3.05) is 6.16 Å². The molecule has 0 saturated carbocycles. The molecule has 1 fully saturated rings. The standard InChI is InChI=1S/C8H18NO6P/c1-4-6(10)8(12)7(11)5(15-4)2-3-16(9,13)14/h4-8,10-12H,2-3H2,1H3,(H3,9,13,14)/t4?,5-,6-,7-,8-/m1/s1. The summed E-state index contributed by atoms with van der Waals surface area (Å²) in [6.45, 7) is 1.55. The molecule has 0 aromatic heterocycles. The first-order valence-corrected chi connectivity index (χ1v) is 6.94. The van der Waals surface area contributed by atoms with E-state index in [2.05, 4.69) is 0 Å². The molecule has 0 bridgehead atoms. The van der Waals surface area contributed by atoms with Crippen molar-refractivity contribution >= 4 is 7.52 Å². The lowest BCUT2D eigenvalue weighted by Gasteiger charge is -2.39. The average molecular weight is 255 g/mol. The van der Waals surface area contributed by atoms with E-state index < -0.39 is 38.0 Å². The number of rotatable bonds is 3. The van der Waals surface area contributed by atoms with Gasteiger partial charge in [0.2, 0.25) is 0 Å². The third-order valence-corrected chi connectivity index (χ3v) is 3.58. The predicted molar refractivity (Wildman–Crippen MR) is 55.9 cm³/mol. The third kappa shape index (κ3) is 3.49. The van der Waals surface area contributed by atoms with Crippen molar-refractivity contribution in [3.05, 3.63) is 0 Å².